The molecule has 0 aromatic heterocycles. The smallest absolute Gasteiger partial charge is 0.313 e. The van der Waals surface area contributed by atoms with Crippen molar-refractivity contribution in [2.75, 3.05) is 13.4 Å². The van der Waals surface area contributed by atoms with Crippen molar-refractivity contribution in [3.8, 4) is 23.0 Å². The first-order valence-electron chi connectivity index (χ1n) is 9.33. The minimum atomic E-state index is -0.942. The molecule has 1 saturated carbocycles. The lowest BCUT2D eigenvalue weighted by molar-refractivity contribution is -0.152. The van der Waals surface area contributed by atoms with E-state index in [-0.39, 0.29) is 13.4 Å². The Bertz CT molecular complexity index is 927. The lowest BCUT2D eigenvalue weighted by Gasteiger charge is -2.16. The highest BCUT2D eigenvalue weighted by Crippen LogP contribution is 2.56. The van der Waals surface area contributed by atoms with Crippen LogP contribution >= 0.6 is 0 Å². The lowest BCUT2D eigenvalue weighted by Crippen LogP contribution is -2.30. The van der Waals surface area contributed by atoms with Gasteiger partial charge in [-0.2, -0.15) is 0 Å². The maximum Gasteiger partial charge on any atom is 0.313 e. The van der Waals surface area contributed by atoms with Gasteiger partial charge in [-0.25, -0.2) is 5.48 Å². The Balaban J connectivity index is 1.45. The van der Waals surface area contributed by atoms with Crippen LogP contribution in [-0.2, 0) is 20.7 Å². The summed E-state index contributed by atoms with van der Waals surface area (Å²) >= 11 is 0. The average molecular weight is 399 g/mol. The predicted octanol–water partition coefficient (Wildman–Crippen LogP) is 2.82. The first kappa shape index (κ1) is 19.1. The molecule has 29 heavy (non-hydrogen) atoms. The largest absolute Gasteiger partial charge is 0.466 e. The molecule has 1 aliphatic carbocycles. The van der Waals surface area contributed by atoms with Crippen LogP contribution in [0.1, 0.15) is 18.9 Å². The van der Waals surface area contributed by atoms with Gasteiger partial charge in [0.15, 0.2) is 11.5 Å². The quantitative estimate of drug-likeness (QED) is 0.419. The number of nitrogens with one attached hydrogen (secondary N) is 1. The third-order valence-electron chi connectivity index (χ3n) is 5.21. The molecule has 1 fully saturated rings. The van der Waals surface area contributed by atoms with E-state index < -0.39 is 23.2 Å². The van der Waals surface area contributed by atoms with Crippen LogP contribution in [0.25, 0.3) is 0 Å². The van der Waals surface area contributed by atoms with Crippen LogP contribution in [-0.4, -0.2) is 30.5 Å². The SMILES string of the molecule is CCOC(=O)C1(Cc2ccc(Oc3ccc4c(c3)OCO4)cc2)CC1C(=O)NO. The number of hydrogen-bond acceptors (Lipinski definition) is 7. The molecule has 2 unspecified atom stereocenters. The molecule has 1 aliphatic heterocycles. The Morgan fingerprint density at radius 3 is 2.59 bits per heavy atom. The Morgan fingerprint density at radius 1 is 1.14 bits per heavy atom. The lowest BCUT2D eigenvalue weighted by atomic mass is 9.93. The summed E-state index contributed by atoms with van der Waals surface area (Å²) in [5.41, 5.74) is 1.56. The fourth-order valence-electron chi connectivity index (χ4n) is 3.61. The molecule has 2 aromatic rings. The fraction of sp³-hybridized carbons (Fsp3) is 0.333. The fourth-order valence-corrected chi connectivity index (χ4v) is 3.61. The summed E-state index contributed by atoms with van der Waals surface area (Å²) < 4.78 is 21.6. The van der Waals surface area contributed by atoms with Crippen LogP contribution in [0.2, 0.25) is 0 Å². The van der Waals surface area contributed by atoms with E-state index in [0.717, 1.165) is 5.56 Å². The maximum absolute atomic E-state index is 12.4. The number of rotatable bonds is 7. The number of hydrogen-bond donors (Lipinski definition) is 2. The van der Waals surface area contributed by atoms with Gasteiger partial charge in [-0.15, -0.1) is 0 Å². The maximum atomic E-state index is 12.4. The van der Waals surface area contributed by atoms with Gasteiger partial charge >= 0.3 is 5.97 Å². The van der Waals surface area contributed by atoms with Crippen LogP contribution in [0, 0.1) is 11.3 Å². The minimum Gasteiger partial charge on any atom is -0.466 e. The first-order valence-corrected chi connectivity index (χ1v) is 9.33. The van der Waals surface area contributed by atoms with E-state index in [1.54, 1.807) is 42.7 Å². The summed E-state index contributed by atoms with van der Waals surface area (Å²) in [7, 11) is 0. The van der Waals surface area contributed by atoms with E-state index >= 15 is 0 Å². The van der Waals surface area contributed by atoms with Crippen molar-refractivity contribution in [1.82, 2.24) is 5.48 Å². The molecule has 2 aromatic carbocycles. The first-order chi connectivity index (χ1) is 14.1. The van der Waals surface area contributed by atoms with Crippen molar-refractivity contribution in [2.45, 2.75) is 19.8 Å². The molecule has 0 saturated heterocycles. The summed E-state index contributed by atoms with van der Waals surface area (Å²) in [5, 5.41) is 8.91. The van der Waals surface area contributed by atoms with Gasteiger partial charge in [0.2, 0.25) is 12.7 Å². The highest BCUT2D eigenvalue weighted by atomic mass is 16.7. The molecule has 0 bridgehead atoms. The standard InChI is InChI=1S/C21H21NO7/c1-2-26-20(24)21(11-16(21)19(23)22-25)10-13-3-5-14(6-4-13)29-15-7-8-17-18(9-15)28-12-27-17/h3-9,16,25H,2,10-12H2,1H3,(H,22,23). The van der Waals surface area contributed by atoms with Gasteiger partial charge in [0.1, 0.15) is 11.5 Å². The summed E-state index contributed by atoms with van der Waals surface area (Å²) in [5.74, 6) is 0.969. The van der Waals surface area contributed by atoms with Crippen LogP contribution in [0.4, 0.5) is 0 Å². The van der Waals surface area contributed by atoms with Gasteiger partial charge in [0.05, 0.1) is 17.9 Å². The molecule has 8 nitrogen and oxygen atoms in total. The number of ether oxygens (including phenoxy) is 4. The Morgan fingerprint density at radius 2 is 1.86 bits per heavy atom. The summed E-state index contributed by atoms with van der Waals surface area (Å²) in [6.07, 6.45) is 0.682. The molecule has 2 N–H and O–H groups in total. The number of carbonyl (C=O) groups is 2. The molecule has 1 heterocycles. The molecule has 0 spiro atoms. The molecule has 2 atom stereocenters. The monoisotopic (exact) mass is 399 g/mol. The number of amides is 1. The summed E-state index contributed by atoms with van der Waals surface area (Å²) in [6, 6.07) is 12.6. The van der Waals surface area contributed by atoms with E-state index in [1.807, 2.05) is 12.1 Å². The predicted molar refractivity (Wildman–Crippen MR) is 99.9 cm³/mol. The van der Waals surface area contributed by atoms with Crippen molar-refractivity contribution in [2.24, 2.45) is 11.3 Å². The van der Waals surface area contributed by atoms with Crippen molar-refractivity contribution in [3.63, 3.8) is 0 Å². The van der Waals surface area contributed by atoms with Gasteiger partial charge in [-0.1, -0.05) is 12.1 Å². The van der Waals surface area contributed by atoms with E-state index in [2.05, 4.69) is 0 Å². The van der Waals surface area contributed by atoms with E-state index in [9.17, 15) is 9.59 Å². The number of fused-ring (bicyclic) bond motifs is 1. The molecule has 2 aliphatic rings. The average Bonchev–Trinajstić information content (AvgIpc) is 3.27. The second kappa shape index (κ2) is 7.63. The van der Waals surface area contributed by atoms with E-state index in [1.165, 1.54) is 0 Å². The highest BCUT2D eigenvalue weighted by molar-refractivity contribution is 5.93. The number of hydroxylamine groups is 1. The van der Waals surface area contributed by atoms with Gasteiger partial charge in [0.25, 0.3) is 0 Å². The molecule has 0 radical (unpaired) electrons. The molecular weight excluding hydrogens is 378 g/mol. The normalized spacial score (nSPS) is 21.4. The molecule has 152 valence electrons. The third kappa shape index (κ3) is 3.71. The van der Waals surface area contributed by atoms with Crippen LogP contribution in [0.5, 0.6) is 23.0 Å². The van der Waals surface area contributed by atoms with E-state index in [4.69, 9.17) is 24.2 Å². The molecular formula is C21H21NO7. The number of benzene rings is 2. The van der Waals surface area contributed by atoms with Crippen LogP contribution < -0.4 is 19.7 Å². The zero-order valence-electron chi connectivity index (χ0n) is 15.8. The molecule has 1 amide bonds. The number of carbonyl (C=O) groups excluding carboxylic acids is 2. The van der Waals surface area contributed by atoms with Crippen LogP contribution in [0.3, 0.4) is 0 Å². The van der Waals surface area contributed by atoms with E-state index in [0.29, 0.717) is 35.8 Å². The highest BCUT2D eigenvalue weighted by Gasteiger charge is 2.64. The number of esters is 1. The van der Waals surface area contributed by atoms with Crippen molar-refractivity contribution >= 4 is 11.9 Å². The molecule has 4 rings (SSSR count). The zero-order chi connectivity index (χ0) is 20.4. The van der Waals surface area contributed by atoms with Crippen LogP contribution in [0.15, 0.2) is 42.5 Å². The van der Waals surface area contributed by atoms with Crippen molar-refractivity contribution < 1.29 is 33.7 Å². The van der Waals surface area contributed by atoms with Gasteiger partial charge in [0, 0.05) is 6.07 Å². The Labute approximate surface area is 167 Å². The van der Waals surface area contributed by atoms with Gasteiger partial charge < -0.3 is 18.9 Å². The Hall–Kier alpha value is -3.26. The third-order valence-corrected chi connectivity index (χ3v) is 5.21. The van der Waals surface area contributed by atoms with Crippen molar-refractivity contribution in [3.05, 3.63) is 48.0 Å². The van der Waals surface area contributed by atoms with Gasteiger partial charge in [-0.05, 0) is 49.6 Å². The second-order valence-corrected chi connectivity index (χ2v) is 7.05. The summed E-state index contributed by atoms with van der Waals surface area (Å²) in [6.45, 7) is 2.15. The summed E-state index contributed by atoms with van der Waals surface area (Å²) in [4.78, 5) is 24.3. The van der Waals surface area contributed by atoms with Crippen molar-refractivity contribution in [1.29, 1.82) is 0 Å². The van der Waals surface area contributed by atoms with Gasteiger partial charge in [-0.3, -0.25) is 14.8 Å². The minimum absolute atomic E-state index is 0.199. The zero-order valence-corrected chi connectivity index (χ0v) is 15.8. The molecule has 8 heteroatoms. The Kier molecular flexibility index (Phi) is 5.02. The second-order valence-electron chi connectivity index (χ2n) is 7.05. The topological polar surface area (TPSA) is 103 Å².